The van der Waals surface area contributed by atoms with Crippen LogP contribution < -0.4 is 0 Å². The maximum absolute atomic E-state index is 11.9. The van der Waals surface area contributed by atoms with E-state index in [0.29, 0.717) is 12.0 Å². The molecule has 14 heavy (non-hydrogen) atoms. The summed E-state index contributed by atoms with van der Waals surface area (Å²) >= 11 is 0. The molecule has 0 N–H and O–H groups in total. The Labute approximate surface area is 82.9 Å². The zero-order valence-corrected chi connectivity index (χ0v) is 8.33. The number of Topliss-reactive ketones (excluding diaryl/α,β-unsaturated/α-hetero) is 2. The fourth-order valence-corrected chi connectivity index (χ4v) is 1.75. The summed E-state index contributed by atoms with van der Waals surface area (Å²) in [5, 5.41) is 0. The first-order chi connectivity index (χ1) is 6.53. The lowest BCUT2D eigenvalue weighted by Gasteiger charge is -2.27. The average Bonchev–Trinajstić information content (AvgIpc) is 2.15. The van der Waals surface area contributed by atoms with E-state index < -0.39 is 5.41 Å². The number of carbonyl (C=O) groups excluding carboxylic acids is 2. The molecule has 0 aromatic heterocycles. The van der Waals surface area contributed by atoms with Crippen molar-refractivity contribution in [2.24, 2.45) is 5.41 Å². The van der Waals surface area contributed by atoms with Gasteiger partial charge in [0, 0.05) is 12.0 Å². The van der Waals surface area contributed by atoms with Crippen LogP contribution in [0.25, 0.3) is 0 Å². The summed E-state index contributed by atoms with van der Waals surface area (Å²) < 4.78 is 0. The molecule has 2 rings (SSSR count). The molecule has 1 aromatic rings. The van der Waals surface area contributed by atoms with Crippen LogP contribution in [0.5, 0.6) is 0 Å². The summed E-state index contributed by atoms with van der Waals surface area (Å²) in [6.07, 6.45) is 0.384. The molecule has 0 saturated carbocycles. The first-order valence-corrected chi connectivity index (χ1v) is 4.69. The lowest BCUT2D eigenvalue weighted by molar-refractivity contribution is -0.124. The lowest BCUT2D eigenvalue weighted by Crippen LogP contribution is -2.39. The lowest BCUT2D eigenvalue weighted by atomic mass is 9.72. The fourth-order valence-electron chi connectivity index (χ4n) is 1.75. The highest BCUT2D eigenvalue weighted by Gasteiger charge is 2.40. The van der Waals surface area contributed by atoms with E-state index in [0.717, 1.165) is 5.56 Å². The van der Waals surface area contributed by atoms with E-state index in [1.54, 1.807) is 19.9 Å². The average molecular weight is 188 g/mol. The normalized spacial score (nSPS) is 19.3. The molecule has 0 amide bonds. The summed E-state index contributed by atoms with van der Waals surface area (Å²) in [4.78, 5) is 23.6. The maximum atomic E-state index is 11.9. The predicted molar refractivity (Wildman–Crippen MR) is 53.3 cm³/mol. The standard InChI is InChI=1S/C12H12O2/c1-12(2)10(13)7-8-5-3-4-6-9(8)11(12)14/h3-6H,7H2,1-2H3. The first kappa shape index (κ1) is 9.13. The molecule has 72 valence electrons. The van der Waals surface area contributed by atoms with Crippen molar-refractivity contribution in [2.75, 3.05) is 0 Å². The number of ketones is 2. The Morgan fingerprint density at radius 3 is 2.50 bits per heavy atom. The van der Waals surface area contributed by atoms with Gasteiger partial charge in [0.05, 0.1) is 5.41 Å². The van der Waals surface area contributed by atoms with E-state index in [1.165, 1.54) is 0 Å². The highest BCUT2D eigenvalue weighted by atomic mass is 16.2. The van der Waals surface area contributed by atoms with Crippen LogP contribution in [-0.4, -0.2) is 11.6 Å². The Balaban J connectivity index is 2.61. The van der Waals surface area contributed by atoms with Crippen molar-refractivity contribution in [3.63, 3.8) is 0 Å². The van der Waals surface area contributed by atoms with Gasteiger partial charge in [0.1, 0.15) is 0 Å². The topological polar surface area (TPSA) is 34.1 Å². The zero-order chi connectivity index (χ0) is 10.3. The molecule has 2 nitrogen and oxygen atoms in total. The summed E-state index contributed by atoms with van der Waals surface area (Å²) in [5.41, 5.74) is 0.730. The van der Waals surface area contributed by atoms with Gasteiger partial charge in [-0.1, -0.05) is 24.3 Å². The predicted octanol–water partition coefficient (Wildman–Crippen LogP) is 2.02. The largest absolute Gasteiger partial charge is 0.298 e. The van der Waals surface area contributed by atoms with Gasteiger partial charge in [0.15, 0.2) is 11.6 Å². The Morgan fingerprint density at radius 2 is 1.79 bits per heavy atom. The molecular weight excluding hydrogens is 176 g/mol. The third-order valence-electron chi connectivity index (χ3n) is 2.88. The van der Waals surface area contributed by atoms with Gasteiger partial charge in [0.25, 0.3) is 0 Å². The van der Waals surface area contributed by atoms with Crippen LogP contribution in [0.3, 0.4) is 0 Å². The van der Waals surface area contributed by atoms with E-state index in [1.807, 2.05) is 18.2 Å². The second-order valence-electron chi connectivity index (χ2n) is 4.21. The number of carbonyl (C=O) groups is 2. The highest BCUT2D eigenvalue weighted by Crippen LogP contribution is 2.31. The van der Waals surface area contributed by atoms with Gasteiger partial charge < -0.3 is 0 Å². The molecule has 0 atom stereocenters. The molecule has 0 heterocycles. The van der Waals surface area contributed by atoms with Gasteiger partial charge in [-0.3, -0.25) is 9.59 Å². The van der Waals surface area contributed by atoms with Crippen molar-refractivity contribution in [3.8, 4) is 0 Å². The van der Waals surface area contributed by atoms with Crippen molar-refractivity contribution < 1.29 is 9.59 Å². The van der Waals surface area contributed by atoms with Crippen molar-refractivity contribution in [1.29, 1.82) is 0 Å². The van der Waals surface area contributed by atoms with Crippen molar-refractivity contribution in [1.82, 2.24) is 0 Å². The van der Waals surface area contributed by atoms with Crippen LogP contribution in [0, 0.1) is 5.41 Å². The van der Waals surface area contributed by atoms with E-state index in [4.69, 9.17) is 0 Å². The molecule has 1 aliphatic carbocycles. The molecule has 1 aliphatic rings. The number of rotatable bonds is 0. The second kappa shape index (κ2) is 2.77. The number of benzene rings is 1. The smallest absolute Gasteiger partial charge is 0.176 e. The molecule has 0 spiro atoms. The van der Waals surface area contributed by atoms with Crippen molar-refractivity contribution in [3.05, 3.63) is 35.4 Å². The molecule has 1 aromatic carbocycles. The number of hydrogen-bond acceptors (Lipinski definition) is 2. The second-order valence-corrected chi connectivity index (χ2v) is 4.21. The molecule has 0 fully saturated rings. The van der Waals surface area contributed by atoms with Gasteiger partial charge in [-0.05, 0) is 19.4 Å². The minimum absolute atomic E-state index is 0.0150. The van der Waals surface area contributed by atoms with Crippen molar-refractivity contribution >= 4 is 11.6 Å². The Kier molecular flexibility index (Phi) is 1.81. The molecule has 0 aliphatic heterocycles. The van der Waals surface area contributed by atoms with Crippen LogP contribution in [0.2, 0.25) is 0 Å². The molecule has 0 radical (unpaired) electrons. The molecule has 0 saturated heterocycles. The highest BCUT2D eigenvalue weighted by molar-refractivity contribution is 6.18. The zero-order valence-electron chi connectivity index (χ0n) is 8.33. The number of hydrogen-bond donors (Lipinski definition) is 0. The van der Waals surface area contributed by atoms with Gasteiger partial charge in [-0.15, -0.1) is 0 Å². The Morgan fingerprint density at radius 1 is 1.14 bits per heavy atom. The Hall–Kier alpha value is -1.44. The van der Waals surface area contributed by atoms with Crippen LogP contribution >= 0.6 is 0 Å². The fraction of sp³-hybridized carbons (Fsp3) is 0.333. The summed E-state index contributed by atoms with van der Waals surface area (Å²) in [6.45, 7) is 3.40. The third-order valence-corrected chi connectivity index (χ3v) is 2.88. The molecule has 2 heteroatoms. The number of fused-ring (bicyclic) bond motifs is 1. The van der Waals surface area contributed by atoms with Gasteiger partial charge >= 0.3 is 0 Å². The first-order valence-electron chi connectivity index (χ1n) is 4.69. The van der Waals surface area contributed by atoms with Crippen LogP contribution in [-0.2, 0) is 11.2 Å². The molecular formula is C12H12O2. The summed E-state index contributed by atoms with van der Waals surface area (Å²) in [5.74, 6) is -0.0365. The summed E-state index contributed by atoms with van der Waals surface area (Å²) in [7, 11) is 0. The van der Waals surface area contributed by atoms with E-state index >= 15 is 0 Å². The summed E-state index contributed by atoms with van der Waals surface area (Å²) in [6, 6.07) is 7.34. The van der Waals surface area contributed by atoms with Crippen LogP contribution in [0.1, 0.15) is 29.8 Å². The maximum Gasteiger partial charge on any atom is 0.176 e. The quantitative estimate of drug-likeness (QED) is 0.584. The minimum Gasteiger partial charge on any atom is -0.298 e. The van der Waals surface area contributed by atoms with E-state index in [-0.39, 0.29) is 11.6 Å². The van der Waals surface area contributed by atoms with Gasteiger partial charge in [-0.2, -0.15) is 0 Å². The molecule has 0 unspecified atom stereocenters. The Bertz CT molecular complexity index is 416. The SMILES string of the molecule is CC1(C)C(=O)Cc2ccccc2C1=O. The molecule has 0 bridgehead atoms. The van der Waals surface area contributed by atoms with Gasteiger partial charge in [-0.25, -0.2) is 0 Å². The van der Waals surface area contributed by atoms with Gasteiger partial charge in [0.2, 0.25) is 0 Å². The van der Waals surface area contributed by atoms with Crippen molar-refractivity contribution in [2.45, 2.75) is 20.3 Å². The monoisotopic (exact) mass is 188 g/mol. The third kappa shape index (κ3) is 1.10. The minimum atomic E-state index is -0.839. The van der Waals surface area contributed by atoms with E-state index in [2.05, 4.69) is 0 Å². The van der Waals surface area contributed by atoms with Crippen LogP contribution in [0.4, 0.5) is 0 Å². The van der Waals surface area contributed by atoms with Crippen LogP contribution in [0.15, 0.2) is 24.3 Å². The van der Waals surface area contributed by atoms with E-state index in [9.17, 15) is 9.59 Å².